The van der Waals surface area contributed by atoms with Crippen molar-refractivity contribution in [3.8, 4) is 0 Å². The van der Waals surface area contributed by atoms with E-state index in [2.05, 4.69) is 20.4 Å². The second kappa shape index (κ2) is 3.65. The van der Waals surface area contributed by atoms with Crippen LogP contribution < -0.4 is 0 Å². The lowest BCUT2D eigenvalue weighted by molar-refractivity contribution is -0.224. The van der Waals surface area contributed by atoms with Gasteiger partial charge in [-0.15, -0.1) is 0 Å². The summed E-state index contributed by atoms with van der Waals surface area (Å²) in [4.78, 5) is 12.8. The van der Waals surface area contributed by atoms with Gasteiger partial charge in [-0.05, 0) is 76.0 Å². The molecule has 5 rings (SSSR count). The Balaban J connectivity index is 1.69. The summed E-state index contributed by atoms with van der Waals surface area (Å²) < 4.78 is 6.36. The molecule has 0 radical (unpaired) electrons. The molecular formula is C20H28O2. The van der Waals surface area contributed by atoms with Gasteiger partial charge >= 0.3 is 5.97 Å². The van der Waals surface area contributed by atoms with Crippen molar-refractivity contribution >= 4 is 5.97 Å². The summed E-state index contributed by atoms with van der Waals surface area (Å²) in [6.07, 6.45) is 10.8. The molecule has 1 aliphatic heterocycles. The van der Waals surface area contributed by atoms with Crippen LogP contribution in [-0.2, 0) is 9.53 Å². The second-order valence-electron chi connectivity index (χ2n) is 9.53. The van der Waals surface area contributed by atoms with Crippen molar-refractivity contribution in [1.82, 2.24) is 0 Å². The molecule has 4 aliphatic carbocycles. The van der Waals surface area contributed by atoms with E-state index in [0.717, 1.165) is 25.2 Å². The highest BCUT2D eigenvalue weighted by Crippen LogP contribution is 2.77. The molecule has 0 aromatic carbocycles. The quantitative estimate of drug-likeness (QED) is 0.481. The maximum absolute atomic E-state index is 12.8. The summed E-state index contributed by atoms with van der Waals surface area (Å²) in [5.41, 5.74) is 1.67. The van der Waals surface area contributed by atoms with E-state index in [4.69, 9.17) is 4.74 Å². The Bertz CT molecular complexity index is 595. The van der Waals surface area contributed by atoms with Crippen molar-refractivity contribution < 1.29 is 9.53 Å². The van der Waals surface area contributed by atoms with E-state index in [9.17, 15) is 4.79 Å². The number of fused-ring (bicyclic) bond motifs is 1. The van der Waals surface area contributed by atoms with Gasteiger partial charge in [0.15, 0.2) is 0 Å². The van der Waals surface area contributed by atoms with Crippen LogP contribution in [0.5, 0.6) is 0 Å². The molecule has 5 fully saturated rings. The third kappa shape index (κ3) is 1.16. The number of hydrogen-bond donors (Lipinski definition) is 0. The zero-order valence-corrected chi connectivity index (χ0v) is 14.0. The minimum absolute atomic E-state index is 0.118. The Labute approximate surface area is 133 Å². The minimum atomic E-state index is -0.199. The first-order valence-corrected chi connectivity index (χ1v) is 9.28. The number of rotatable bonds is 0. The molecule has 120 valence electrons. The zero-order valence-electron chi connectivity index (χ0n) is 14.0. The number of carbonyl (C=O) groups excluding carboxylic acids is 1. The smallest absolute Gasteiger partial charge is 0.312 e. The molecule has 4 bridgehead atoms. The van der Waals surface area contributed by atoms with Crippen LogP contribution >= 0.6 is 0 Å². The molecule has 2 heteroatoms. The summed E-state index contributed by atoms with van der Waals surface area (Å²) in [6.45, 7) is 9.08. The van der Waals surface area contributed by atoms with Gasteiger partial charge in [0.25, 0.3) is 0 Å². The molecule has 22 heavy (non-hydrogen) atoms. The lowest BCUT2D eigenvalue weighted by Crippen LogP contribution is -2.65. The van der Waals surface area contributed by atoms with Gasteiger partial charge in [0.05, 0.1) is 5.41 Å². The highest BCUT2D eigenvalue weighted by atomic mass is 16.6. The number of esters is 1. The third-order valence-electron chi connectivity index (χ3n) is 9.11. The highest BCUT2D eigenvalue weighted by Gasteiger charge is 2.77. The van der Waals surface area contributed by atoms with Gasteiger partial charge in [-0.25, -0.2) is 0 Å². The van der Waals surface area contributed by atoms with Gasteiger partial charge in [-0.3, -0.25) is 4.79 Å². The van der Waals surface area contributed by atoms with Gasteiger partial charge in [-0.2, -0.15) is 0 Å². The molecule has 5 aliphatic rings. The predicted octanol–water partition coefficient (Wildman–Crippen LogP) is 4.63. The lowest BCUT2D eigenvalue weighted by atomic mass is 9.40. The number of ether oxygens (including phenoxy) is 1. The van der Waals surface area contributed by atoms with E-state index in [-0.39, 0.29) is 22.4 Å². The van der Waals surface area contributed by atoms with Crippen LogP contribution in [0.4, 0.5) is 0 Å². The minimum Gasteiger partial charge on any atom is -0.458 e. The molecular weight excluding hydrogens is 272 g/mol. The molecule has 4 saturated carbocycles. The van der Waals surface area contributed by atoms with Crippen molar-refractivity contribution in [2.75, 3.05) is 0 Å². The van der Waals surface area contributed by atoms with Crippen LogP contribution in [0.2, 0.25) is 0 Å². The fraction of sp³-hybridized carbons (Fsp3) is 0.850. The van der Waals surface area contributed by atoms with Crippen LogP contribution in [0, 0.1) is 28.1 Å². The average molecular weight is 300 g/mol. The van der Waals surface area contributed by atoms with E-state index in [1.54, 1.807) is 0 Å². The Kier molecular flexibility index (Phi) is 2.26. The molecule has 0 aromatic rings. The Morgan fingerprint density at radius 1 is 1.14 bits per heavy atom. The van der Waals surface area contributed by atoms with E-state index in [1.807, 2.05) is 0 Å². The predicted molar refractivity (Wildman–Crippen MR) is 85.1 cm³/mol. The molecule has 0 amide bonds. The second-order valence-corrected chi connectivity index (χ2v) is 9.53. The van der Waals surface area contributed by atoms with E-state index >= 15 is 0 Å². The normalized spacial score (nSPS) is 59.0. The van der Waals surface area contributed by atoms with Gasteiger partial charge in [0, 0.05) is 11.3 Å². The third-order valence-corrected chi connectivity index (χ3v) is 9.11. The van der Waals surface area contributed by atoms with Crippen LogP contribution in [-0.4, -0.2) is 11.6 Å². The lowest BCUT2D eigenvalue weighted by Gasteiger charge is -2.65. The molecule has 6 atom stereocenters. The molecule has 1 saturated heterocycles. The first-order chi connectivity index (χ1) is 10.4. The van der Waals surface area contributed by atoms with Crippen molar-refractivity contribution in [3.05, 3.63) is 12.2 Å². The fourth-order valence-electron chi connectivity index (χ4n) is 7.82. The van der Waals surface area contributed by atoms with Crippen LogP contribution in [0.1, 0.15) is 71.6 Å². The van der Waals surface area contributed by atoms with Gasteiger partial charge < -0.3 is 4.74 Å². The molecule has 0 N–H and O–H groups in total. The fourth-order valence-corrected chi connectivity index (χ4v) is 7.82. The van der Waals surface area contributed by atoms with Crippen molar-refractivity contribution in [2.24, 2.45) is 28.1 Å². The summed E-state index contributed by atoms with van der Waals surface area (Å²) in [5.74, 6) is 1.32. The SMILES string of the molecule is C=C1CC23CC[C@H]4C5(CCC[C@]4(C)C(=O)O5)C2(C)CCC1C3. The first kappa shape index (κ1) is 13.6. The van der Waals surface area contributed by atoms with Gasteiger partial charge in [0.2, 0.25) is 0 Å². The zero-order chi connectivity index (χ0) is 15.4. The Morgan fingerprint density at radius 2 is 1.95 bits per heavy atom. The maximum atomic E-state index is 12.8. The van der Waals surface area contributed by atoms with Gasteiger partial charge in [-0.1, -0.05) is 19.1 Å². The standard InChI is InChI=1S/C20H28O2/c1-13-11-19-10-6-15-17(2)7-4-8-20(15,22-16(17)21)18(19,3)9-5-14(13)12-19/h14-15H,1,4-12H2,2-3H3/t14?,15-,17+,18?,19?,20?/m1/s1. The largest absolute Gasteiger partial charge is 0.458 e. The van der Waals surface area contributed by atoms with E-state index in [1.165, 1.54) is 44.1 Å². The van der Waals surface area contributed by atoms with Crippen molar-refractivity contribution in [1.29, 1.82) is 0 Å². The summed E-state index contributed by atoms with van der Waals surface area (Å²) in [5, 5.41) is 0. The molecule has 2 nitrogen and oxygen atoms in total. The Hall–Kier alpha value is -0.790. The monoisotopic (exact) mass is 300 g/mol. The topological polar surface area (TPSA) is 26.3 Å². The number of allylic oxidation sites excluding steroid dienone is 1. The first-order valence-electron chi connectivity index (χ1n) is 9.28. The summed E-state index contributed by atoms with van der Waals surface area (Å²) >= 11 is 0. The molecule has 0 aromatic heterocycles. The molecule has 1 spiro atoms. The van der Waals surface area contributed by atoms with Crippen molar-refractivity contribution in [3.63, 3.8) is 0 Å². The number of carbonyl (C=O) groups is 1. The molecule has 1 heterocycles. The number of hydrogen-bond acceptors (Lipinski definition) is 2. The summed E-state index contributed by atoms with van der Waals surface area (Å²) in [7, 11) is 0. The Morgan fingerprint density at radius 3 is 2.77 bits per heavy atom. The maximum Gasteiger partial charge on any atom is 0.312 e. The van der Waals surface area contributed by atoms with Crippen LogP contribution in [0.25, 0.3) is 0 Å². The highest BCUT2D eigenvalue weighted by molar-refractivity contribution is 5.81. The van der Waals surface area contributed by atoms with Crippen LogP contribution in [0.3, 0.4) is 0 Å². The van der Waals surface area contributed by atoms with Crippen LogP contribution in [0.15, 0.2) is 12.2 Å². The average Bonchev–Trinajstić information content (AvgIpc) is 2.80. The molecule has 4 unspecified atom stereocenters. The van der Waals surface area contributed by atoms with E-state index in [0.29, 0.717) is 11.3 Å². The van der Waals surface area contributed by atoms with E-state index < -0.39 is 0 Å². The van der Waals surface area contributed by atoms with Crippen molar-refractivity contribution in [2.45, 2.75) is 77.2 Å². The summed E-state index contributed by atoms with van der Waals surface area (Å²) in [6, 6.07) is 0. The van der Waals surface area contributed by atoms with Gasteiger partial charge in [0.1, 0.15) is 5.60 Å².